The molecule has 2 atom stereocenters. The zero-order valence-electron chi connectivity index (χ0n) is 22.8. The van der Waals surface area contributed by atoms with E-state index in [1.165, 1.54) is 0 Å². The normalized spacial score (nSPS) is 19.1. The van der Waals surface area contributed by atoms with Crippen molar-refractivity contribution in [2.45, 2.75) is 57.6 Å². The number of ether oxygens (including phenoxy) is 1. The van der Waals surface area contributed by atoms with Crippen LogP contribution in [0.5, 0.6) is 5.75 Å². The number of likely N-dealkylation sites (tertiary alicyclic amines) is 1. The molecule has 0 spiro atoms. The van der Waals surface area contributed by atoms with E-state index in [0.717, 1.165) is 29.8 Å². The van der Waals surface area contributed by atoms with E-state index >= 15 is 0 Å². The van der Waals surface area contributed by atoms with Crippen molar-refractivity contribution in [2.75, 3.05) is 23.3 Å². The van der Waals surface area contributed by atoms with Crippen molar-refractivity contribution in [2.24, 2.45) is 0 Å². The third-order valence-corrected chi connectivity index (χ3v) is 8.02. The molecule has 1 saturated heterocycles. The molecule has 0 aromatic heterocycles. The second kappa shape index (κ2) is 12.1. The molecule has 1 N–H and O–H groups in total. The molecule has 1 fully saturated rings. The lowest BCUT2D eigenvalue weighted by Gasteiger charge is -2.39. The summed E-state index contributed by atoms with van der Waals surface area (Å²) in [5.74, 6) is 0.661. The fourth-order valence-corrected chi connectivity index (χ4v) is 5.83. The highest BCUT2D eigenvalue weighted by molar-refractivity contribution is 6.30. The van der Waals surface area contributed by atoms with Gasteiger partial charge in [-0.3, -0.25) is 14.4 Å². The average molecular weight is 560 g/mol. The predicted octanol–water partition coefficient (Wildman–Crippen LogP) is 6.28. The SMILES string of the molecule is CC(=O)N1CCC(Oc2ccc(C(=O)N3c4ccccc4C(CC(=O)Nc4ccc(Cl)cc4)CC3C)cc2)CC1. The molecule has 0 bridgehead atoms. The Morgan fingerprint density at radius 2 is 1.62 bits per heavy atom. The van der Waals surface area contributed by atoms with E-state index in [4.69, 9.17) is 16.3 Å². The molecule has 208 valence electrons. The molecule has 2 heterocycles. The van der Waals surface area contributed by atoms with Gasteiger partial charge in [-0.25, -0.2) is 0 Å². The highest BCUT2D eigenvalue weighted by atomic mass is 35.5. The molecular weight excluding hydrogens is 526 g/mol. The summed E-state index contributed by atoms with van der Waals surface area (Å²) in [6.07, 6.45) is 2.64. The Morgan fingerprint density at radius 3 is 2.30 bits per heavy atom. The Labute approximate surface area is 240 Å². The number of piperidine rings is 1. The van der Waals surface area contributed by atoms with E-state index in [9.17, 15) is 14.4 Å². The summed E-state index contributed by atoms with van der Waals surface area (Å²) in [5, 5.41) is 3.57. The fourth-order valence-electron chi connectivity index (χ4n) is 5.70. The third-order valence-electron chi connectivity index (χ3n) is 7.77. The van der Waals surface area contributed by atoms with Gasteiger partial charge < -0.3 is 19.9 Å². The lowest BCUT2D eigenvalue weighted by atomic mass is 9.83. The zero-order valence-corrected chi connectivity index (χ0v) is 23.6. The second-order valence-corrected chi connectivity index (χ2v) is 11.1. The van der Waals surface area contributed by atoms with E-state index < -0.39 is 0 Å². The van der Waals surface area contributed by atoms with E-state index in [-0.39, 0.29) is 35.8 Å². The summed E-state index contributed by atoms with van der Waals surface area (Å²) < 4.78 is 6.13. The molecular formula is C32H34ClN3O4. The van der Waals surface area contributed by atoms with Gasteiger partial charge >= 0.3 is 0 Å². The minimum atomic E-state index is -0.0851. The first kappa shape index (κ1) is 27.7. The number of hydrogen-bond donors (Lipinski definition) is 1. The molecule has 3 aromatic carbocycles. The molecule has 5 rings (SSSR count). The zero-order chi connectivity index (χ0) is 28.2. The number of fused-ring (bicyclic) bond motifs is 1. The van der Waals surface area contributed by atoms with Crippen LogP contribution in [0.3, 0.4) is 0 Å². The van der Waals surface area contributed by atoms with Crippen LogP contribution in [-0.4, -0.2) is 47.9 Å². The molecule has 0 radical (unpaired) electrons. The van der Waals surface area contributed by atoms with E-state index in [0.29, 0.717) is 42.2 Å². The van der Waals surface area contributed by atoms with Crippen molar-refractivity contribution < 1.29 is 19.1 Å². The van der Waals surface area contributed by atoms with Crippen LogP contribution in [0.1, 0.15) is 61.4 Å². The Kier molecular flexibility index (Phi) is 8.40. The Morgan fingerprint density at radius 1 is 0.950 bits per heavy atom. The van der Waals surface area contributed by atoms with Gasteiger partial charge in [0.1, 0.15) is 11.9 Å². The number of benzene rings is 3. The standard InChI is InChI=1S/C32H34ClN3O4/c1-21-19-24(20-31(38)34-26-11-9-25(33)10-12-26)29-5-3-4-6-30(29)36(21)32(39)23-7-13-27(14-8-23)40-28-15-17-35(18-16-28)22(2)37/h3-14,21,24,28H,15-20H2,1-2H3,(H,34,38). The fraction of sp³-hybridized carbons (Fsp3) is 0.344. The van der Waals surface area contributed by atoms with Crippen LogP contribution in [0.15, 0.2) is 72.8 Å². The van der Waals surface area contributed by atoms with Crippen LogP contribution in [0.4, 0.5) is 11.4 Å². The van der Waals surface area contributed by atoms with Gasteiger partial charge in [0, 0.05) is 67.3 Å². The van der Waals surface area contributed by atoms with Crippen LogP contribution in [0, 0.1) is 0 Å². The summed E-state index contributed by atoms with van der Waals surface area (Å²) in [5.41, 5.74) is 3.13. The van der Waals surface area contributed by atoms with Crippen LogP contribution < -0.4 is 15.0 Å². The minimum Gasteiger partial charge on any atom is -0.490 e. The Bertz CT molecular complexity index is 1370. The van der Waals surface area contributed by atoms with Crippen molar-refractivity contribution in [3.05, 3.63) is 88.9 Å². The van der Waals surface area contributed by atoms with Gasteiger partial charge in [-0.05, 0) is 79.4 Å². The number of carbonyl (C=O) groups excluding carboxylic acids is 3. The van der Waals surface area contributed by atoms with Gasteiger partial charge in [-0.1, -0.05) is 29.8 Å². The summed E-state index contributed by atoms with van der Waals surface area (Å²) in [6.45, 7) is 5.03. The van der Waals surface area contributed by atoms with Crippen molar-refractivity contribution >= 4 is 40.7 Å². The van der Waals surface area contributed by atoms with Crippen molar-refractivity contribution in [3.63, 3.8) is 0 Å². The van der Waals surface area contributed by atoms with Crippen LogP contribution in [-0.2, 0) is 9.59 Å². The summed E-state index contributed by atoms with van der Waals surface area (Å²) in [7, 11) is 0. The van der Waals surface area contributed by atoms with Crippen molar-refractivity contribution in [3.8, 4) is 5.75 Å². The summed E-state index contributed by atoms with van der Waals surface area (Å²) >= 11 is 5.96. The number of anilines is 2. The lowest BCUT2D eigenvalue weighted by molar-refractivity contribution is -0.130. The summed E-state index contributed by atoms with van der Waals surface area (Å²) in [6, 6.07) is 22.1. The molecule has 8 heteroatoms. The van der Waals surface area contributed by atoms with Crippen LogP contribution in [0.2, 0.25) is 5.02 Å². The highest BCUT2D eigenvalue weighted by Gasteiger charge is 2.35. The van der Waals surface area contributed by atoms with E-state index in [1.807, 2.05) is 65.3 Å². The number of nitrogens with zero attached hydrogens (tertiary/aromatic N) is 2. The molecule has 0 aliphatic carbocycles. The first-order valence-corrected chi connectivity index (χ1v) is 14.2. The molecule has 0 saturated carbocycles. The van der Waals surface area contributed by atoms with Gasteiger partial charge in [-0.15, -0.1) is 0 Å². The molecule has 2 aliphatic heterocycles. The van der Waals surface area contributed by atoms with E-state index in [1.54, 1.807) is 31.2 Å². The molecule has 7 nitrogen and oxygen atoms in total. The maximum Gasteiger partial charge on any atom is 0.258 e. The summed E-state index contributed by atoms with van der Waals surface area (Å²) in [4.78, 5) is 41.9. The number of carbonyl (C=O) groups is 3. The molecule has 3 aromatic rings. The molecule has 3 amide bonds. The highest BCUT2D eigenvalue weighted by Crippen LogP contribution is 2.41. The van der Waals surface area contributed by atoms with Gasteiger partial charge in [0.25, 0.3) is 5.91 Å². The van der Waals surface area contributed by atoms with E-state index in [2.05, 4.69) is 5.32 Å². The quantitative estimate of drug-likeness (QED) is 0.385. The third kappa shape index (κ3) is 6.31. The minimum absolute atomic E-state index is 0.00672. The van der Waals surface area contributed by atoms with Crippen molar-refractivity contribution in [1.82, 2.24) is 4.90 Å². The number of hydrogen-bond acceptors (Lipinski definition) is 4. The topological polar surface area (TPSA) is 79.0 Å². The average Bonchev–Trinajstić information content (AvgIpc) is 2.95. The van der Waals surface area contributed by atoms with Gasteiger partial charge in [-0.2, -0.15) is 0 Å². The molecule has 40 heavy (non-hydrogen) atoms. The first-order chi connectivity index (χ1) is 19.3. The van der Waals surface area contributed by atoms with Crippen LogP contribution in [0.25, 0.3) is 0 Å². The Hall–Kier alpha value is -3.84. The van der Waals surface area contributed by atoms with Crippen LogP contribution >= 0.6 is 11.6 Å². The second-order valence-electron chi connectivity index (χ2n) is 10.6. The van der Waals surface area contributed by atoms with Gasteiger partial charge in [0.05, 0.1) is 0 Å². The molecule has 2 unspecified atom stereocenters. The largest absolute Gasteiger partial charge is 0.490 e. The van der Waals surface area contributed by atoms with Gasteiger partial charge in [0.15, 0.2) is 0 Å². The maximum atomic E-state index is 13.7. The monoisotopic (exact) mass is 559 g/mol. The lowest BCUT2D eigenvalue weighted by Crippen LogP contribution is -2.43. The Balaban J connectivity index is 1.25. The van der Waals surface area contributed by atoms with Gasteiger partial charge in [0.2, 0.25) is 11.8 Å². The first-order valence-electron chi connectivity index (χ1n) is 13.8. The molecule has 2 aliphatic rings. The number of halogens is 1. The van der Waals surface area contributed by atoms with Crippen molar-refractivity contribution in [1.29, 1.82) is 0 Å². The smallest absolute Gasteiger partial charge is 0.258 e. The maximum absolute atomic E-state index is 13.7. The number of nitrogens with one attached hydrogen (secondary N) is 1. The number of rotatable bonds is 6. The number of amides is 3. The number of para-hydroxylation sites is 1. The predicted molar refractivity (Wildman–Crippen MR) is 157 cm³/mol.